The molecule has 1 aromatic heterocycles. The molecule has 4 heteroatoms. The highest BCUT2D eigenvalue weighted by Gasteiger charge is 2.13. The van der Waals surface area contributed by atoms with Gasteiger partial charge in [-0.25, -0.2) is 0 Å². The fraction of sp³-hybridized carbons (Fsp3) is 0.185. The zero-order valence-corrected chi connectivity index (χ0v) is 18.0. The fourth-order valence-electron chi connectivity index (χ4n) is 3.79. The van der Waals surface area contributed by atoms with E-state index in [2.05, 4.69) is 19.2 Å². The molecule has 0 aliphatic carbocycles. The third-order valence-electron chi connectivity index (χ3n) is 5.55. The van der Waals surface area contributed by atoms with Crippen molar-refractivity contribution in [1.29, 1.82) is 0 Å². The van der Waals surface area contributed by atoms with E-state index in [-0.39, 0.29) is 11.3 Å². The predicted molar refractivity (Wildman–Crippen MR) is 126 cm³/mol. The Morgan fingerprint density at radius 1 is 0.903 bits per heavy atom. The number of carbonyl (C=O) groups is 1. The molecule has 0 bridgehead atoms. The SMILES string of the molecule is CCc1cccc(CC)c1NC(=O)c1ccc(-c2cc(=O)c3cc(C)ccc3o2)cc1. The lowest BCUT2D eigenvalue weighted by Gasteiger charge is -2.14. The minimum absolute atomic E-state index is 0.0787. The molecule has 0 unspecified atom stereocenters. The summed E-state index contributed by atoms with van der Waals surface area (Å²) < 4.78 is 5.94. The average Bonchev–Trinajstić information content (AvgIpc) is 2.79. The Balaban J connectivity index is 1.62. The van der Waals surface area contributed by atoms with Gasteiger partial charge in [-0.1, -0.05) is 55.8 Å². The standard InChI is InChI=1S/C27H25NO3/c1-4-18-7-6-8-19(5-2)26(18)28-27(30)21-12-10-20(11-13-21)25-16-23(29)22-15-17(3)9-14-24(22)31-25/h6-16H,4-5H2,1-3H3,(H,28,30). The molecule has 1 amide bonds. The number of para-hydroxylation sites is 1. The van der Waals surface area contributed by atoms with Gasteiger partial charge in [0.2, 0.25) is 0 Å². The molecule has 31 heavy (non-hydrogen) atoms. The van der Waals surface area contributed by atoms with Crippen LogP contribution in [0.1, 0.15) is 40.9 Å². The molecule has 1 heterocycles. The van der Waals surface area contributed by atoms with Gasteiger partial charge in [0, 0.05) is 22.9 Å². The van der Waals surface area contributed by atoms with Gasteiger partial charge in [0.05, 0.1) is 5.39 Å². The molecule has 156 valence electrons. The number of hydrogen-bond acceptors (Lipinski definition) is 3. The molecule has 0 spiro atoms. The summed E-state index contributed by atoms with van der Waals surface area (Å²) in [6.07, 6.45) is 1.70. The lowest BCUT2D eigenvalue weighted by atomic mass is 10.0. The average molecular weight is 412 g/mol. The normalized spacial score (nSPS) is 10.9. The van der Waals surface area contributed by atoms with Crippen LogP contribution in [-0.2, 0) is 12.8 Å². The zero-order chi connectivity index (χ0) is 22.0. The second-order valence-corrected chi connectivity index (χ2v) is 7.66. The van der Waals surface area contributed by atoms with E-state index in [0.717, 1.165) is 40.8 Å². The monoisotopic (exact) mass is 411 g/mol. The molecule has 0 atom stereocenters. The predicted octanol–water partition coefficient (Wildman–Crippen LogP) is 6.15. The van der Waals surface area contributed by atoms with Gasteiger partial charge in [0.15, 0.2) is 5.43 Å². The smallest absolute Gasteiger partial charge is 0.255 e. The van der Waals surface area contributed by atoms with Crippen molar-refractivity contribution in [3.63, 3.8) is 0 Å². The molecule has 3 aromatic carbocycles. The Hall–Kier alpha value is -3.66. The van der Waals surface area contributed by atoms with Crippen molar-refractivity contribution in [3.8, 4) is 11.3 Å². The maximum absolute atomic E-state index is 12.9. The third kappa shape index (κ3) is 4.15. The van der Waals surface area contributed by atoms with E-state index in [1.165, 1.54) is 6.07 Å². The Kier molecular flexibility index (Phi) is 5.72. The van der Waals surface area contributed by atoms with E-state index in [1.54, 1.807) is 24.3 Å². The Labute approximate surface area is 181 Å². The van der Waals surface area contributed by atoms with Crippen molar-refractivity contribution in [3.05, 3.63) is 99.2 Å². The molecule has 0 radical (unpaired) electrons. The van der Waals surface area contributed by atoms with E-state index >= 15 is 0 Å². The van der Waals surface area contributed by atoms with Crippen molar-refractivity contribution in [2.24, 2.45) is 0 Å². The molecule has 4 aromatic rings. The minimum atomic E-state index is -0.155. The van der Waals surface area contributed by atoms with Crippen molar-refractivity contribution in [2.45, 2.75) is 33.6 Å². The van der Waals surface area contributed by atoms with Crippen LogP contribution < -0.4 is 10.7 Å². The van der Waals surface area contributed by atoms with Gasteiger partial charge in [0.25, 0.3) is 5.91 Å². The molecule has 0 saturated carbocycles. The Bertz CT molecular complexity index is 1290. The van der Waals surface area contributed by atoms with Crippen LogP contribution >= 0.6 is 0 Å². The van der Waals surface area contributed by atoms with Crippen molar-refractivity contribution in [2.75, 3.05) is 5.32 Å². The number of aryl methyl sites for hydroxylation is 3. The van der Waals surface area contributed by atoms with Crippen LogP contribution in [-0.4, -0.2) is 5.91 Å². The molecule has 0 fully saturated rings. The molecule has 4 rings (SSSR count). The van der Waals surface area contributed by atoms with E-state index < -0.39 is 0 Å². The molecule has 1 N–H and O–H groups in total. The maximum atomic E-state index is 12.9. The summed E-state index contributed by atoms with van der Waals surface area (Å²) in [5.41, 5.74) is 5.93. The highest BCUT2D eigenvalue weighted by Crippen LogP contribution is 2.25. The second-order valence-electron chi connectivity index (χ2n) is 7.66. The van der Waals surface area contributed by atoms with Crippen LogP contribution in [0.5, 0.6) is 0 Å². The first-order valence-electron chi connectivity index (χ1n) is 10.6. The maximum Gasteiger partial charge on any atom is 0.255 e. The van der Waals surface area contributed by atoms with Crippen LogP contribution in [0.4, 0.5) is 5.69 Å². The van der Waals surface area contributed by atoms with Crippen LogP contribution in [0, 0.1) is 6.92 Å². The van der Waals surface area contributed by atoms with Gasteiger partial charge in [-0.3, -0.25) is 9.59 Å². The number of benzene rings is 3. The van der Waals surface area contributed by atoms with Crippen molar-refractivity contribution in [1.82, 2.24) is 0 Å². The van der Waals surface area contributed by atoms with Crippen LogP contribution in [0.3, 0.4) is 0 Å². The van der Waals surface area contributed by atoms with Crippen molar-refractivity contribution < 1.29 is 9.21 Å². The largest absolute Gasteiger partial charge is 0.456 e. The summed E-state index contributed by atoms with van der Waals surface area (Å²) in [5.74, 6) is 0.329. The molecule has 4 nitrogen and oxygen atoms in total. The summed E-state index contributed by atoms with van der Waals surface area (Å²) in [7, 11) is 0. The summed E-state index contributed by atoms with van der Waals surface area (Å²) in [4.78, 5) is 25.4. The number of nitrogens with one attached hydrogen (secondary N) is 1. The molecule has 0 aliphatic heterocycles. The Morgan fingerprint density at radius 3 is 2.23 bits per heavy atom. The number of carbonyl (C=O) groups excluding carboxylic acids is 1. The lowest BCUT2D eigenvalue weighted by molar-refractivity contribution is 0.102. The second kappa shape index (κ2) is 8.60. The van der Waals surface area contributed by atoms with Gasteiger partial charge >= 0.3 is 0 Å². The van der Waals surface area contributed by atoms with Crippen LogP contribution in [0.15, 0.2) is 75.9 Å². The topological polar surface area (TPSA) is 59.3 Å². The van der Waals surface area contributed by atoms with Gasteiger partial charge in [-0.2, -0.15) is 0 Å². The number of fused-ring (bicyclic) bond motifs is 1. The summed E-state index contributed by atoms with van der Waals surface area (Å²) in [5, 5.41) is 3.65. The van der Waals surface area contributed by atoms with Crippen LogP contribution in [0.25, 0.3) is 22.3 Å². The Morgan fingerprint density at radius 2 is 1.58 bits per heavy atom. The highest BCUT2D eigenvalue weighted by atomic mass is 16.3. The number of rotatable bonds is 5. The zero-order valence-electron chi connectivity index (χ0n) is 18.0. The van der Waals surface area contributed by atoms with E-state index in [9.17, 15) is 9.59 Å². The summed E-state index contributed by atoms with van der Waals surface area (Å²) in [6, 6.07) is 20.3. The van der Waals surface area contributed by atoms with Crippen molar-refractivity contribution >= 4 is 22.6 Å². The molecule has 0 aliphatic rings. The summed E-state index contributed by atoms with van der Waals surface area (Å²) in [6.45, 7) is 6.11. The van der Waals surface area contributed by atoms with Gasteiger partial charge < -0.3 is 9.73 Å². The quantitative estimate of drug-likeness (QED) is 0.429. The summed E-state index contributed by atoms with van der Waals surface area (Å²) >= 11 is 0. The number of hydrogen-bond donors (Lipinski definition) is 1. The van der Waals surface area contributed by atoms with E-state index in [0.29, 0.717) is 22.3 Å². The lowest BCUT2D eigenvalue weighted by Crippen LogP contribution is -2.14. The van der Waals surface area contributed by atoms with Gasteiger partial charge in [-0.15, -0.1) is 0 Å². The molecular weight excluding hydrogens is 386 g/mol. The van der Waals surface area contributed by atoms with Crippen LogP contribution in [0.2, 0.25) is 0 Å². The fourth-order valence-corrected chi connectivity index (χ4v) is 3.79. The minimum Gasteiger partial charge on any atom is -0.456 e. The van der Waals surface area contributed by atoms with Gasteiger partial charge in [0.1, 0.15) is 11.3 Å². The molecular formula is C27H25NO3. The van der Waals surface area contributed by atoms with E-state index in [1.807, 2.05) is 43.3 Å². The molecule has 0 saturated heterocycles. The number of anilines is 1. The first-order chi connectivity index (χ1) is 15.0. The first kappa shape index (κ1) is 20.6. The third-order valence-corrected chi connectivity index (χ3v) is 5.55. The number of amides is 1. The highest BCUT2D eigenvalue weighted by molar-refractivity contribution is 6.05. The van der Waals surface area contributed by atoms with Gasteiger partial charge in [-0.05, 0) is 55.2 Å². The van der Waals surface area contributed by atoms with E-state index in [4.69, 9.17) is 4.42 Å². The first-order valence-corrected chi connectivity index (χ1v) is 10.6.